The highest BCUT2D eigenvalue weighted by molar-refractivity contribution is 5.97. The zero-order chi connectivity index (χ0) is 13.8. The molecule has 0 amide bonds. The Morgan fingerprint density at radius 3 is 2.79 bits per heavy atom. The van der Waals surface area contributed by atoms with E-state index < -0.39 is 0 Å². The number of rotatable bonds is 4. The number of ether oxygens (including phenoxy) is 1. The Morgan fingerprint density at radius 1 is 1.32 bits per heavy atom. The van der Waals surface area contributed by atoms with Crippen molar-refractivity contribution in [3.05, 3.63) is 53.3 Å². The van der Waals surface area contributed by atoms with E-state index in [9.17, 15) is 4.79 Å². The molecule has 1 aromatic carbocycles. The summed E-state index contributed by atoms with van der Waals surface area (Å²) in [5.41, 5.74) is 8.47. The molecule has 2 rings (SSSR count). The van der Waals surface area contributed by atoms with Crippen LogP contribution in [-0.4, -0.2) is 10.8 Å². The van der Waals surface area contributed by atoms with Crippen molar-refractivity contribution >= 4 is 11.5 Å². The monoisotopic (exact) mass is 256 g/mol. The Morgan fingerprint density at radius 2 is 2.11 bits per heavy atom. The molecular weight excluding hydrogens is 240 g/mol. The zero-order valence-electron chi connectivity index (χ0n) is 11.0. The van der Waals surface area contributed by atoms with Crippen LogP contribution in [0.1, 0.15) is 28.7 Å². The van der Waals surface area contributed by atoms with Crippen LogP contribution >= 0.6 is 0 Å². The topological polar surface area (TPSA) is 65.2 Å². The van der Waals surface area contributed by atoms with Crippen LogP contribution < -0.4 is 10.5 Å². The number of aromatic nitrogens is 1. The molecule has 2 N–H and O–H groups in total. The molecule has 4 nitrogen and oxygen atoms in total. The van der Waals surface area contributed by atoms with Gasteiger partial charge in [0.05, 0.1) is 11.3 Å². The van der Waals surface area contributed by atoms with Crippen molar-refractivity contribution in [1.82, 2.24) is 4.98 Å². The third kappa shape index (κ3) is 3.31. The van der Waals surface area contributed by atoms with Crippen molar-refractivity contribution in [3.63, 3.8) is 0 Å². The maximum absolute atomic E-state index is 11.5. The van der Waals surface area contributed by atoms with Gasteiger partial charge >= 0.3 is 0 Å². The number of nitrogens with two attached hydrogens (primary N) is 1. The minimum Gasteiger partial charge on any atom is -0.487 e. The molecule has 0 saturated heterocycles. The zero-order valence-corrected chi connectivity index (χ0v) is 11.0. The minimum absolute atomic E-state index is 0.0699. The number of carbonyl (C=O) groups excluding carboxylic acids is 1. The van der Waals surface area contributed by atoms with Crippen molar-refractivity contribution in [2.45, 2.75) is 20.5 Å². The maximum atomic E-state index is 11.5. The van der Waals surface area contributed by atoms with Gasteiger partial charge in [0.2, 0.25) is 0 Å². The van der Waals surface area contributed by atoms with Gasteiger partial charge in [-0.25, -0.2) is 0 Å². The van der Waals surface area contributed by atoms with Crippen LogP contribution in [0.25, 0.3) is 0 Å². The van der Waals surface area contributed by atoms with E-state index >= 15 is 0 Å². The van der Waals surface area contributed by atoms with E-state index in [1.165, 1.54) is 6.92 Å². The Kier molecular flexibility index (Phi) is 3.80. The third-order valence-electron chi connectivity index (χ3n) is 2.70. The highest BCUT2D eigenvalue weighted by Gasteiger charge is 2.09. The van der Waals surface area contributed by atoms with Crippen LogP contribution in [0.3, 0.4) is 0 Å². The van der Waals surface area contributed by atoms with E-state index in [2.05, 4.69) is 4.98 Å². The Balaban J connectivity index is 2.17. The van der Waals surface area contributed by atoms with Gasteiger partial charge in [-0.1, -0.05) is 6.07 Å². The van der Waals surface area contributed by atoms with Crippen LogP contribution in [0, 0.1) is 6.92 Å². The number of aryl methyl sites for hydroxylation is 1. The van der Waals surface area contributed by atoms with Crippen LogP contribution in [0.4, 0.5) is 5.69 Å². The van der Waals surface area contributed by atoms with E-state index in [-0.39, 0.29) is 5.78 Å². The summed E-state index contributed by atoms with van der Waals surface area (Å²) in [6.07, 6.45) is 0. The van der Waals surface area contributed by atoms with Crippen molar-refractivity contribution < 1.29 is 9.53 Å². The van der Waals surface area contributed by atoms with Gasteiger partial charge in [0.25, 0.3) is 0 Å². The summed E-state index contributed by atoms with van der Waals surface area (Å²) < 4.78 is 5.66. The van der Waals surface area contributed by atoms with Gasteiger partial charge in [0.15, 0.2) is 5.78 Å². The fourth-order valence-electron chi connectivity index (χ4n) is 1.78. The fraction of sp³-hybridized carbons (Fsp3) is 0.200. The number of ketones is 1. The number of carbonyl (C=O) groups is 1. The number of hydrogen-bond acceptors (Lipinski definition) is 4. The normalized spacial score (nSPS) is 10.2. The number of pyridine rings is 1. The van der Waals surface area contributed by atoms with Gasteiger partial charge in [-0.3, -0.25) is 9.78 Å². The standard InChI is InChI=1S/C15H16N2O2/c1-10-4-3-5-13(17-10)9-19-15-7-6-12(16)8-14(15)11(2)18/h3-8H,9,16H2,1-2H3. The van der Waals surface area contributed by atoms with Crippen LogP contribution in [-0.2, 0) is 6.61 Å². The van der Waals surface area contributed by atoms with Crippen LogP contribution in [0.5, 0.6) is 5.75 Å². The lowest BCUT2D eigenvalue weighted by molar-refractivity contribution is 0.101. The molecule has 98 valence electrons. The molecule has 0 aliphatic rings. The molecule has 0 unspecified atom stereocenters. The Hall–Kier alpha value is -2.36. The van der Waals surface area contributed by atoms with Crippen molar-refractivity contribution in [1.29, 1.82) is 0 Å². The number of nitrogens with zero attached hydrogens (tertiary/aromatic N) is 1. The molecule has 4 heteroatoms. The second-order valence-electron chi connectivity index (χ2n) is 4.37. The predicted molar refractivity (Wildman–Crippen MR) is 74.2 cm³/mol. The molecule has 0 aliphatic heterocycles. The fourth-order valence-corrected chi connectivity index (χ4v) is 1.78. The quantitative estimate of drug-likeness (QED) is 0.674. The molecule has 1 heterocycles. The summed E-state index contributed by atoms with van der Waals surface area (Å²) in [4.78, 5) is 15.9. The Bertz CT molecular complexity index is 609. The molecule has 0 aliphatic carbocycles. The first-order valence-electron chi connectivity index (χ1n) is 6.02. The smallest absolute Gasteiger partial charge is 0.163 e. The second kappa shape index (κ2) is 5.52. The summed E-state index contributed by atoms with van der Waals surface area (Å²) >= 11 is 0. The molecule has 2 aromatic rings. The van der Waals surface area contributed by atoms with Crippen molar-refractivity contribution in [2.75, 3.05) is 5.73 Å². The molecule has 19 heavy (non-hydrogen) atoms. The van der Waals surface area contributed by atoms with E-state index in [1.54, 1.807) is 18.2 Å². The van der Waals surface area contributed by atoms with Gasteiger partial charge < -0.3 is 10.5 Å². The summed E-state index contributed by atoms with van der Waals surface area (Å²) in [5, 5.41) is 0. The number of nitrogen functional groups attached to an aromatic ring is 1. The first-order valence-corrected chi connectivity index (χ1v) is 6.02. The second-order valence-corrected chi connectivity index (χ2v) is 4.37. The SMILES string of the molecule is CC(=O)c1cc(N)ccc1OCc1cccc(C)n1. The largest absolute Gasteiger partial charge is 0.487 e. The molecule has 0 fully saturated rings. The maximum Gasteiger partial charge on any atom is 0.163 e. The average Bonchev–Trinajstić information content (AvgIpc) is 2.37. The van der Waals surface area contributed by atoms with Crippen LogP contribution in [0.2, 0.25) is 0 Å². The van der Waals surface area contributed by atoms with E-state index in [0.29, 0.717) is 23.6 Å². The molecular formula is C15H16N2O2. The minimum atomic E-state index is -0.0699. The first kappa shape index (κ1) is 13.1. The van der Waals surface area contributed by atoms with Crippen molar-refractivity contribution in [2.24, 2.45) is 0 Å². The molecule has 0 atom stereocenters. The summed E-state index contributed by atoms with van der Waals surface area (Å²) in [5.74, 6) is 0.463. The summed E-state index contributed by atoms with van der Waals surface area (Å²) in [6.45, 7) is 3.74. The van der Waals surface area contributed by atoms with Crippen molar-refractivity contribution in [3.8, 4) is 5.75 Å². The Labute approximate surface area is 112 Å². The predicted octanol–water partition coefficient (Wildman–Crippen LogP) is 2.75. The number of benzene rings is 1. The summed E-state index contributed by atoms with van der Waals surface area (Å²) in [7, 11) is 0. The highest BCUT2D eigenvalue weighted by atomic mass is 16.5. The first-order chi connectivity index (χ1) is 9.06. The molecule has 0 radical (unpaired) electrons. The van der Waals surface area contributed by atoms with Gasteiger partial charge in [-0.05, 0) is 44.2 Å². The molecule has 0 spiro atoms. The average molecular weight is 256 g/mol. The highest BCUT2D eigenvalue weighted by Crippen LogP contribution is 2.22. The van der Waals surface area contributed by atoms with Crippen LogP contribution in [0.15, 0.2) is 36.4 Å². The van der Waals surface area contributed by atoms with Gasteiger partial charge in [-0.2, -0.15) is 0 Å². The van der Waals surface area contributed by atoms with E-state index in [1.807, 2.05) is 25.1 Å². The number of Topliss-reactive ketones (excluding diaryl/α,β-unsaturated/α-hetero) is 1. The number of hydrogen-bond donors (Lipinski definition) is 1. The lowest BCUT2D eigenvalue weighted by Crippen LogP contribution is -2.04. The van der Waals surface area contributed by atoms with Gasteiger partial charge in [0.1, 0.15) is 12.4 Å². The summed E-state index contributed by atoms with van der Waals surface area (Å²) in [6, 6.07) is 10.8. The third-order valence-corrected chi connectivity index (χ3v) is 2.70. The lowest BCUT2D eigenvalue weighted by Gasteiger charge is -2.10. The molecule has 1 aromatic heterocycles. The van der Waals surface area contributed by atoms with Gasteiger partial charge in [0, 0.05) is 11.4 Å². The van der Waals surface area contributed by atoms with E-state index in [0.717, 1.165) is 11.4 Å². The molecule has 0 bridgehead atoms. The lowest BCUT2D eigenvalue weighted by atomic mass is 10.1. The number of anilines is 1. The van der Waals surface area contributed by atoms with E-state index in [4.69, 9.17) is 10.5 Å². The van der Waals surface area contributed by atoms with Gasteiger partial charge in [-0.15, -0.1) is 0 Å². The molecule has 0 saturated carbocycles.